The van der Waals surface area contributed by atoms with Gasteiger partial charge in [-0.15, -0.1) is 0 Å². The van der Waals surface area contributed by atoms with E-state index in [1.54, 1.807) is 36.4 Å². The number of para-hydroxylation sites is 1. The SMILES string of the molecule is CC(=O)Nc1cccc2nccc(C(=O)NC(N)=Nc3ccccc3)c12. The molecule has 26 heavy (non-hydrogen) atoms. The number of anilines is 1. The summed E-state index contributed by atoms with van der Waals surface area (Å²) in [5.74, 6) is -0.701. The molecule has 4 N–H and O–H groups in total. The van der Waals surface area contributed by atoms with Crippen LogP contribution in [0, 0.1) is 0 Å². The number of guanidine groups is 1. The van der Waals surface area contributed by atoms with E-state index in [0.717, 1.165) is 0 Å². The van der Waals surface area contributed by atoms with Crippen molar-refractivity contribution in [1.29, 1.82) is 0 Å². The average Bonchev–Trinajstić information content (AvgIpc) is 2.61. The smallest absolute Gasteiger partial charge is 0.258 e. The minimum atomic E-state index is -0.438. The van der Waals surface area contributed by atoms with E-state index >= 15 is 0 Å². The lowest BCUT2D eigenvalue weighted by Crippen LogP contribution is -2.36. The Morgan fingerprint density at radius 3 is 2.54 bits per heavy atom. The van der Waals surface area contributed by atoms with Gasteiger partial charge in [-0.2, -0.15) is 0 Å². The van der Waals surface area contributed by atoms with Crippen LogP contribution in [0.3, 0.4) is 0 Å². The van der Waals surface area contributed by atoms with Gasteiger partial charge in [0.2, 0.25) is 11.9 Å². The maximum atomic E-state index is 12.7. The van der Waals surface area contributed by atoms with Crippen molar-refractivity contribution in [2.75, 3.05) is 5.32 Å². The van der Waals surface area contributed by atoms with Gasteiger partial charge in [0.05, 0.1) is 22.5 Å². The molecule has 3 rings (SSSR count). The van der Waals surface area contributed by atoms with Gasteiger partial charge in [-0.3, -0.25) is 19.9 Å². The molecule has 0 aliphatic rings. The highest BCUT2D eigenvalue weighted by atomic mass is 16.2. The number of rotatable bonds is 3. The lowest BCUT2D eigenvalue weighted by molar-refractivity contribution is -0.114. The van der Waals surface area contributed by atoms with Crippen LogP contribution in [0.15, 0.2) is 65.8 Å². The average molecular weight is 347 g/mol. The molecule has 0 aliphatic carbocycles. The van der Waals surface area contributed by atoms with Gasteiger partial charge in [0.25, 0.3) is 5.91 Å². The number of pyridine rings is 1. The van der Waals surface area contributed by atoms with E-state index in [-0.39, 0.29) is 11.9 Å². The van der Waals surface area contributed by atoms with Gasteiger partial charge < -0.3 is 11.1 Å². The molecule has 1 aromatic heterocycles. The van der Waals surface area contributed by atoms with Gasteiger partial charge in [-0.1, -0.05) is 24.3 Å². The van der Waals surface area contributed by atoms with Crippen LogP contribution in [0.5, 0.6) is 0 Å². The number of hydrogen-bond acceptors (Lipinski definition) is 4. The summed E-state index contributed by atoms with van der Waals surface area (Å²) in [4.78, 5) is 32.5. The summed E-state index contributed by atoms with van der Waals surface area (Å²) in [6, 6.07) is 15.9. The summed E-state index contributed by atoms with van der Waals surface area (Å²) >= 11 is 0. The number of amides is 2. The monoisotopic (exact) mass is 347 g/mol. The van der Waals surface area contributed by atoms with Crippen molar-refractivity contribution in [3.63, 3.8) is 0 Å². The number of aliphatic imine (C=N–C) groups is 1. The molecule has 7 nitrogen and oxygen atoms in total. The predicted octanol–water partition coefficient (Wildman–Crippen LogP) is 2.57. The van der Waals surface area contributed by atoms with Crippen LogP contribution in [0.1, 0.15) is 17.3 Å². The van der Waals surface area contributed by atoms with Crippen molar-refractivity contribution in [3.8, 4) is 0 Å². The van der Waals surface area contributed by atoms with Crippen molar-refractivity contribution in [2.24, 2.45) is 10.7 Å². The molecule has 1 heterocycles. The number of carbonyl (C=O) groups is 2. The highest BCUT2D eigenvalue weighted by Crippen LogP contribution is 2.25. The summed E-state index contributed by atoms with van der Waals surface area (Å²) in [5.41, 5.74) is 7.90. The maximum absolute atomic E-state index is 12.7. The van der Waals surface area contributed by atoms with Gasteiger partial charge in [0.15, 0.2) is 0 Å². The third kappa shape index (κ3) is 3.84. The maximum Gasteiger partial charge on any atom is 0.258 e. The fourth-order valence-electron chi connectivity index (χ4n) is 2.54. The number of carbonyl (C=O) groups excluding carboxylic acids is 2. The second-order valence-electron chi connectivity index (χ2n) is 5.53. The number of aromatic nitrogens is 1. The Kier molecular flexibility index (Phi) is 4.89. The number of benzene rings is 2. The highest BCUT2D eigenvalue weighted by molar-refractivity contribution is 6.16. The summed E-state index contributed by atoms with van der Waals surface area (Å²) in [6.07, 6.45) is 1.53. The molecule has 0 aliphatic heterocycles. The highest BCUT2D eigenvalue weighted by Gasteiger charge is 2.15. The van der Waals surface area contributed by atoms with Crippen LogP contribution in [0.4, 0.5) is 11.4 Å². The van der Waals surface area contributed by atoms with Crippen LogP contribution < -0.4 is 16.4 Å². The lowest BCUT2D eigenvalue weighted by Gasteiger charge is -2.11. The summed E-state index contributed by atoms with van der Waals surface area (Å²) in [5, 5.41) is 5.82. The largest absolute Gasteiger partial charge is 0.369 e. The fraction of sp³-hybridized carbons (Fsp3) is 0.0526. The first-order valence-corrected chi connectivity index (χ1v) is 7.90. The van der Waals surface area contributed by atoms with E-state index in [4.69, 9.17) is 5.73 Å². The second-order valence-corrected chi connectivity index (χ2v) is 5.53. The number of hydrogen-bond donors (Lipinski definition) is 3. The molecule has 7 heteroatoms. The Balaban J connectivity index is 1.95. The van der Waals surface area contributed by atoms with Crippen LogP contribution in [-0.2, 0) is 4.79 Å². The molecule has 0 fully saturated rings. The van der Waals surface area contributed by atoms with Gasteiger partial charge in [0.1, 0.15) is 0 Å². The molecular formula is C19H17N5O2. The van der Waals surface area contributed by atoms with E-state index in [0.29, 0.717) is 27.8 Å². The van der Waals surface area contributed by atoms with Crippen LogP contribution in [-0.4, -0.2) is 22.8 Å². The summed E-state index contributed by atoms with van der Waals surface area (Å²) in [7, 11) is 0. The van der Waals surface area contributed by atoms with Crippen LogP contribution >= 0.6 is 0 Å². The van der Waals surface area contributed by atoms with Gasteiger partial charge >= 0.3 is 0 Å². The van der Waals surface area contributed by atoms with Crippen molar-refractivity contribution < 1.29 is 9.59 Å². The number of nitrogens with zero attached hydrogens (tertiary/aromatic N) is 2. The first-order chi connectivity index (χ1) is 12.5. The van der Waals surface area contributed by atoms with Gasteiger partial charge in [0, 0.05) is 18.5 Å². The molecule has 0 saturated heterocycles. The Labute approximate surface area is 150 Å². The zero-order valence-corrected chi connectivity index (χ0v) is 14.1. The van der Waals surface area contributed by atoms with E-state index < -0.39 is 5.91 Å². The van der Waals surface area contributed by atoms with Crippen molar-refractivity contribution in [3.05, 3.63) is 66.4 Å². The first-order valence-electron chi connectivity index (χ1n) is 7.90. The van der Waals surface area contributed by atoms with E-state index in [1.165, 1.54) is 13.1 Å². The third-order valence-corrected chi connectivity index (χ3v) is 3.57. The van der Waals surface area contributed by atoms with Crippen molar-refractivity contribution in [2.45, 2.75) is 6.92 Å². The predicted molar refractivity (Wildman–Crippen MR) is 101 cm³/mol. The molecule has 3 aromatic rings. The molecule has 0 bridgehead atoms. The Hall–Kier alpha value is -3.74. The van der Waals surface area contributed by atoms with Crippen LogP contribution in [0.25, 0.3) is 10.9 Å². The Morgan fingerprint density at radius 2 is 1.81 bits per heavy atom. The second kappa shape index (κ2) is 7.43. The zero-order chi connectivity index (χ0) is 18.5. The molecule has 0 atom stereocenters. The molecular weight excluding hydrogens is 330 g/mol. The van der Waals surface area contributed by atoms with Gasteiger partial charge in [-0.05, 0) is 30.3 Å². The van der Waals surface area contributed by atoms with Crippen LogP contribution in [0.2, 0.25) is 0 Å². The fourth-order valence-corrected chi connectivity index (χ4v) is 2.54. The Morgan fingerprint density at radius 1 is 1.04 bits per heavy atom. The minimum Gasteiger partial charge on any atom is -0.369 e. The normalized spacial score (nSPS) is 11.2. The standard InChI is InChI=1S/C19H17N5O2/c1-12(25)22-16-9-5-8-15-17(16)14(10-11-21-15)18(26)24-19(20)23-13-6-3-2-4-7-13/h2-11H,1H3,(H,22,25)(H3,20,23,24,26). The number of nitrogens with one attached hydrogen (secondary N) is 2. The Bertz CT molecular complexity index is 994. The number of fused-ring (bicyclic) bond motifs is 1. The van der Waals surface area contributed by atoms with Crippen molar-refractivity contribution >= 4 is 40.1 Å². The molecule has 0 spiro atoms. The molecule has 0 radical (unpaired) electrons. The zero-order valence-electron chi connectivity index (χ0n) is 14.1. The van der Waals surface area contributed by atoms with Gasteiger partial charge in [-0.25, -0.2) is 4.99 Å². The molecule has 130 valence electrons. The molecule has 2 aromatic carbocycles. The third-order valence-electron chi connectivity index (χ3n) is 3.57. The summed E-state index contributed by atoms with van der Waals surface area (Å²) < 4.78 is 0. The minimum absolute atomic E-state index is 0.0248. The molecule has 0 saturated carbocycles. The topological polar surface area (TPSA) is 109 Å². The molecule has 0 unspecified atom stereocenters. The van der Waals surface area contributed by atoms with E-state index in [9.17, 15) is 9.59 Å². The molecule has 2 amide bonds. The quantitative estimate of drug-likeness (QED) is 0.499. The van der Waals surface area contributed by atoms with E-state index in [2.05, 4.69) is 20.6 Å². The van der Waals surface area contributed by atoms with E-state index in [1.807, 2.05) is 18.2 Å². The number of nitrogens with two attached hydrogens (primary N) is 1. The lowest BCUT2D eigenvalue weighted by atomic mass is 10.1. The first kappa shape index (κ1) is 17.1. The van der Waals surface area contributed by atoms with Crippen molar-refractivity contribution in [1.82, 2.24) is 10.3 Å². The summed E-state index contributed by atoms with van der Waals surface area (Å²) in [6.45, 7) is 1.40.